The zero-order valence-corrected chi connectivity index (χ0v) is 9.99. The van der Waals surface area contributed by atoms with Gasteiger partial charge in [-0.2, -0.15) is 0 Å². The minimum atomic E-state index is -3.66. The van der Waals surface area contributed by atoms with E-state index >= 15 is 0 Å². The van der Waals surface area contributed by atoms with Crippen molar-refractivity contribution >= 4 is 15.5 Å². The molecule has 1 unspecified atom stereocenters. The van der Waals surface area contributed by atoms with Gasteiger partial charge in [0.05, 0.1) is 17.2 Å². The molecule has 2 N–H and O–H groups in total. The summed E-state index contributed by atoms with van der Waals surface area (Å²) in [6.07, 6.45) is 0. The van der Waals surface area contributed by atoms with Gasteiger partial charge in [0.25, 0.3) is 0 Å². The predicted octanol–water partition coefficient (Wildman–Crippen LogP) is 1.16. The maximum Gasteiger partial charge on any atom is 0.204 e. The third-order valence-corrected chi connectivity index (χ3v) is 3.76. The van der Waals surface area contributed by atoms with Crippen LogP contribution in [0.3, 0.4) is 0 Å². The van der Waals surface area contributed by atoms with E-state index in [1.54, 1.807) is 12.1 Å². The molecule has 1 aromatic carbocycles. The van der Waals surface area contributed by atoms with Gasteiger partial charge in [-0.05, 0) is 32.0 Å². The van der Waals surface area contributed by atoms with Crippen LogP contribution in [0.25, 0.3) is 0 Å². The number of anilines is 1. The second-order valence-corrected chi connectivity index (χ2v) is 5.45. The van der Waals surface area contributed by atoms with Crippen LogP contribution in [0.1, 0.15) is 13.8 Å². The van der Waals surface area contributed by atoms with Gasteiger partial charge in [0.1, 0.15) is 0 Å². The van der Waals surface area contributed by atoms with Crippen LogP contribution >= 0.6 is 0 Å². The van der Waals surface area contributed by atoms with Crippen molar-refractivity contribution in [3.63, 3.8) is 0 Å². The molecule has 5 nitrogen and oxygen atoms in total. The third kappa shape index (κ3) is 2.94. The van der Waals surface area contributed by atoms with Gasteiger partial charge < -0.3 is 5.11 Å². The molecule has 0 heterocycles. The van der Waals surface area contributed by atoms with Crippen molar-refractivity contribution < 1.29 is 18.4 Å². The Bertz CT molecular complexity index is 442. The van der Waals surface area contributed by atoms with Gasteiger partial charge in [-0.15, -0.1) is 0 Å². The second kappa shape index (κ2) is 5.29. The Labute approximate surface area is 94.9 Å². The largest absolute Gasteiger partial charge is 0.377 e. The molecule has 16 heavy (non-hydrogen) atoms. The molecule has 0 aromatic heterocycles. The third-order valence-electron chi connectivity index (χ3n) is 1.95. The summed E-state index contributed by atoms with van der Waals surface area (Å²) in [6.45, 7) is 3.49. The van der Waals surface area contributed by atoms with Crippen molar-refractivity contribution in [3.8, 4) is 0 Å². The summed E-state index contributed by atoms with van der Waals surface area (Å²) in [6, 6.07) is 6.10. The maximum atomic E-state index is 11.6. The van der Waals surface area contributed by atoms with Gasteiger partial charge in [0.2, 0.25) is 9.84 Å². The van der Waals surface area contributed by atoms with E-state index in [4.69, 9.17) is 9.94 Å². The van der Waals surface area contributed by atoms with Crippen molar-refractivity contribution in [1.82, 2.24) is 0 Å². The number of aliphatic hydroxyl groups is 1. The molecule has 1 aromatic rings. The SMILES string of the molecule is CCONc1cccc(S(=O)(=O)C(C)O)c1. The average Bonchev–Trinajstić information content (AvgIpc) is 2.26. The van der Waals surface area contributed by atoms with E-state index in [9.17, 15) is 8.42 Å². The predicted molar refractivity (Wildman–Crippen MR) is 60.6 cm³/mol. The number of aliphatic hydroxyl groups excluding tert-OH is 1. The minimum Gasteiger partial charge on any atom is -0.377 e. The molecule has 0 spiro atoms. The molecule has 0 fully saturated rings. The Morgan fingerprint density at radius 2 is 2.19 bits per heavy atom. The maximum absolute atomic E-state index is 11.6. The second-order valence-electron chi connectivity index (χ2n) is 3.21. The van der Waals surface area contributed by atoms with Gasteiger partial charge in [-0.1, -0.05) is 6.07 Å². The minimum absolute atomic E-state index is 0.0622. The molecule has 0 amide bonds. The average molecular weight is 245 g/mol. The Morgan fingerprint density at radius 3 is 2.75 bits per heavy atom. The van der Waals surface area contributed by atoms with E-state index in [2.05, 4.69) is 5.48 Å². The lowest BCUT2D eigenvalue weighted by Crippen LogP contribution is -2.17. The molecular formula is C10H15NO4S. The molecule has 90 valence electrons. The van der Waals surface area contributed by atoms with E-state index < -0.39 is 15.3 Å². The molecule has 0 aliphatic heterocycles. The summed E-state index contributed by atoms with van der Waals surface area (Å²) in [7, 11) is -3.66. The molecule has 0 radical (unpaired) electrons. The highest BCUT2D eigenvalue weighted by atomic mass is 32.2. The van der Waals surface area contributed by atoms with Crippen LogP contribution in [-0.2, 0) is 14.7 Å². The fraction of sp³-hybridized carbons (Fsp3) is 0.400. The lowest BCUT2D eigenvalue weighted by Gasteiger charge is -2.09. The standard InChI is InChI=1S/C10H15NO4S/c1-3-15-11-9-5-4-6-10(7-9)16(13,14)8(2)12/h4-8,11-12H,3H2,1-2H3. The highest BCUT2D eigenvalue weighted by molar-refractivity contribution is 7.91. The van der Waals surface area contributed by atoms with Gasteiger partial charge in [-0.25, -0.2) is 8.42 Å². The number of benzene rings is 1. The van der Waals surface area contributed by atoms with E-state index in [0.717, 1.165) is 0 Å². The van der Waals surface area contributed by atoms with Crippen molar-refractivity contribution in [2.24, 2.45) is 0 Å². The van der Waals surface area contributed by atoms with Crippen molar-refractivity contribution in [1.29, 1.82) is 0 Å². The van der Waals surface area contributed by atoms with E-state index in [-0.39, 0.29) is 4.90 Å². The zero-order chi connectivity index (χ0) is 12.2. The fourth-order valence-electron chi connectivity index (χ4n) is 1.09. The van der Waals surface area contributed by atoms with Gasteiger partial charge in [0, 0.05) is 0 Å². The first-order valence-corrected chi connectivity index (χ1v) is 6.43. The summed E-state index contributed by atoms with van der Waals surface area (Å²) >= 11 is 0. The van der Waals surface area contributed by atoms with Crippen molar-refractivity contribution in [2.45, 2.75) is 24.2 Å². The van der Waals surface area contributed by atoms with Crippen LogP contribution in [0, 0.1) is 0 Å². The summed E-state index contributed by atoms with van der Waals surface area (Å²) in [4.78, 5) is 5.00. The molecule has 0 saturated carbocycles. The van der Waals surface area contributed by atoms with Crippen molar-refractivity contribution in [2.75, 3.05) is 12.1 Å². The quantitative estimate of drug-likeness (QED) is 0.761. The van der Waals surface area contributed by atoms with Gasteiger partial charge in [-0.3, -0.25) is 10.3 Å². The highest BCUT2D eigenvalue weighted by Gasteiger charge is 2.20. The van der Waals surface area contributed by atoms with E-state index in [1.807, 2.05) is 6.92 Å². The molecule has 6 heteroatoms. The normalized spacial score (nSPS) is 13.4. The molecular weight excluding hydrogens is 230 g/mol. The molecule has 1 rings (SSSR count). The summed E-state index contributed by atoms with van der Waals surface area (Å²) in [5, 5.41) is 9.16. The molecule has 0 aliphatic carbocycles. The topological polar surface area (TPSA) is 75.6 Å². The fourth-order valence-corrected chi connectivity index (χ4v) is 2.04. The van der Waals surface area contributed by atoms with Gasteiger partial charge >= 0.3 is 0 Å². The molecule has 0 bridgehead atoms. The lowest BCUT2D eigenvalue weighted by molar-refractivity contribution is 0.210. The van der Waals surface area contributed by atoms with E-state index in [1.165, 1.54) is 19.1 Å². The van der Waals surface area contributed by atoms with Crippen LogP contribution in [0.4, 0.5) is 5.69 Å². The summed E-state index contributed by atoms with van der Waals surface area (Å²) in [5.41, 5.74) is 1.71. The van der Waals surface area contributed by atoms with Crippen LogP contribution in [0.2, 0.25) is 0 Å². The lowest BCUT2D eigenvalue weighted by atomic mass is 10.3. The van der Waals surface area contributed by atoms with Crippen LogP contribution in [-0.4, -0.2) is 25.6 Å². The number of rotatable bonds is 5. The first kappa shape index (κ1) is 13.0. The monoisotopic (exact) mass is 245 g/mol. The Balaban J connectivity index is 2.99. The molecule has 0 saturated heterocycles. The number of sulfone groups is 1. The van der Waals surface area contributed by atoms with Gasteiger partial charge in [0.15, 0.2) is 5.44 Å². The summed E-state index contributed by atoms with van der Waals surface area (Å²) in [5.74, 6) is 0. The summed E-state index contributed by atoms with van der Waals surface area (Å²) < 4.78 is 23.3. The number of hydrogen-bond acceptors (Lipinski definition) is 5. The zero-order valence-electron chi connectivity index (χ0n) is 9.17. The highest BCUT2D eigenvalue weighted by Crippen LogP contribution is 2.18. The smallest absolute Gasteiger partial charge is 0.204 e. The van der Waals surface area contributed by atoms with E-state index in [0.29, 0.717) is 12.3 Å². The first-order chi connectivity index (χ1) is 7.48. The Morgan fingerprint density at radius 1 is 1.50 bits per heavy atom. The van der Waals surface area contributed by atoms with Crippen molar-refractivity contribution in [3.05, 3.63) is 24.3 Å². The molecule has 1 atom stereocenters. The molecule has 0 aliphatic rings. The van der Waals surface area contributed by atoms with Crippen LogP contribution in [0.15, 0.2) is 29.2 Å². The number of hydrogen-bond donors (Lipinski definition) is 2. The Hall–Kier alpha value is -1.11. The first-order valence-electron chi connectivity index (χ1n) is 4.88. The Kier molecular flexibility index (Phi) is 4.28. The van der Waals surface area contributed by atoms with Crippen LogP contribution < -0.4 is 5.48 Å². The van der Waals surface area contributed by atoms with Crippen LogP contribution in [0.5, 0.6) is 0 Å². The number of nitrogens with one attached hydrogen (secondary N) is 1.